The maximum Gasteiger partial charge on any atom is 0.0787 e. The van der Waals surface area contributed by atoms with E-state index in [0.29, 0.717) is 0 Å². The molecule has 11 aromatic rings. The van der Waals surface area contributed by atoms with Crippen LogP contribution < -0.4 is 0 Å². The summed E-state index contributed by atoms with van der Waals surface area (Å²) in [6, 6.07) is 76.1. The van der Waals surface area contributed by atoms with Crippen LogP contribution in [0.2, 0.25) is 0 Å². The molecule has 0 aliphatic heterocycles. The highest BCUT2D eigenvalue weighted by Crippen LogP contribution is 2.39. The Hall–Kier alpha value is -7.49. The second-order valence-electron chi connectivity index (χ2n) is 14.4. The first-order chi connectivity index (χ1) is 27.8. The van der Waals surface area contributed by atoms with Gasteiger partial charge in [-0.05, 0) is 83.4 Å². The highest BCUT2D eigenvalue weighted by molar-refractivity contribution is 6.12. The highest BCUT2D eigenvalue weighted by atomic mass is 15.0. The molecule has 3 nitrogen and oxygen atoms in total. The molecular formula is C53H35N3. The van der Waals surface area contributed by atoms with Gasteiger partial charge in [0.2, 0.25) is 0 Å². The third kappa shape index (κ3) is 5.25. The molecule has 0 N–H and O–H groups in total. The average molecular weight is 714 g/mol. The van der Waals surface area contributed by atoms with E-state index in [0.717, 1.165) is 39.3 Å². The van der Waals surface area contributed by atoms with Gasteiger partial charge in [0.15, 0.2) is 0 Å². The zero-order valence-corrected chi connectivity index (χ0v) is 30.5. The summed E-state index contributed by atoms with van der Waals surface area (Å²) in [6.45, 7) is 0. The van der Waals surface area contributed by atoms with Crippen molar-refractivity contribution in [2.24, 2.45) is 0 Å². The van der Waals surface area contributed by atoms with Gasteiger partial charge in [-0.25, -0.2) is 4.98 Å². The van der Waals surface area contributed by atoms with Gasteiger partial charge < -0.3 is 9.13 Å². The number of hydrogen-bond acceptors (Lipinski definition) is 1. The van der Waals surface area contributed by atoms with Crippen LogP contribution in [0, 0.1) is 0 Å². The zero-order valence-electron chi connectivity index (χ0n) is 30.5. The molecule has 0 radical (unpaired) electrons. The average Bonchev–Trinajstić information content (AvgIpc) is 3.79. The number of pyridine rings is 1. The van der Waals surface area contributed by atoms with Crippen LogP contribution in [0.3, 0.4) is 0 Å². The fraction of sp³-hybridized carbons (Fsp3) is 0. The lowest BCUT2D eigenvalue weighted by Gasteiger charge is -2.14. The molecule has 0 spiro atoms. The van der Waals surface area contributed by atoms with Gasteiger partial charge in [-0.2, -0.15) is 0 Å². The normalized spacial score (nSPS) is 11.6. The van der Waals surface area contributed by atoms with E-state index >= 15 is 0 Å². The smallest absolute Gasteiger partial charge is 0.0787 e. The first-order valence-corrected chi connectivity index (χ1v) is 19.1. The Bertz CT molecular complexity index is 3230. The van der Waals surface area contributed by atoms with E-state index in [1.54, 1.807) is 0 Å². The lowest BCUT2D eigenvalue weighted by Crippen LogP contribution is -1.96. The molecule has 0 aliphatic rings. The quantitative estimate of drug-likeness (QED) is 0.168. The van der Waals surface area contributed by atoms with Crippen molar-refractivity contribution >= 4 is 43.6 Å². The van der Waals surface area contributed by atoms with Crippen molar-refractivity contribution in [3.05, 3.63) is 212 Å². The Morgan fingerprint density at radius 3 is 1.39 bits per heavy atom. The molecule has 0 atom stereocenters. The Balaban J connectivity index is 1.03. The van der Waals surface area contributed by atoms with Crippen LogP contribution in [-0.4, -0.2) is 14.1 Å². The monoisotopic (exact) mass is 713 g/mol. The van der Waals surface area contributed by atoms with Gasteiger partial charge in [-0.1, -0.05) is 146 Å². The van der Waals surface area contributed by atoms with E-state index < -0.39 is 0 Å². The van der Waals surface area contributed by atoms with Gasteiger partial charge in [0.1, 0.15) is 0 Å². The van der Waals surface area contributed by atoms with E-state index in [9.17, 15) is 0 Å². The molecule has 3 heterocycles. The third-order valence-corrected chi connectivity index (χ3v) is 11.1. The Morgan fingerprint density at radius 2 is 0.768 bits per heavy atom. The second kappa shape index (κ2) is 13.1. The van der Waals surface area contributed by atoms with Crippen molar-refractivity contribution in [3.63, 3.8) is 0 Å². The van der Waals surface area contributed by atoms with Crippen molar-refractivity contribution in [1.82, 2.24) is 14.1 Å². The lowest BCUT2D eigenvalue weighted by molar-refractivity contribution is 1.18. The van der Waals surface area contributed by atoms with Crippen molar-refractivity contribution in [1.29, 1.82) is 0 Å². The third-order valence-electron chi connectivity index (χ3n) is 11.1. The molecule has 11 rings (SSSR count). The highest BCUT2D eigenvalue weighted by Gasteiger charge is 2.17. The summed E-state index contributed by atoms with van der Waals surface area (Å²) in [5.74, 6) is 0. The zero-order chi connectivity index (χ0) is 37.0. The van der Waals surface area contributed by atoms with Crippen LogP contribution in [0.15, 0.2) is 212 Å². The van der Waals surface area contributed by atoms with Gasteiger partial charge >= 0.3 is 0 Å². The van der Waals surface area contributed by atoms with E-state index in [2.05, 4.69) is 221 Å². The minimum Gasteiger partial charge on any atom is -0.309 e. The van der Waals surface area contributed by atoms with Crippen molar-refractivity contribution in [2.75, 3.05) is 0 Å². The first kappa shape index (κ1) is 32.0. The fourth-order valence-electron chi connectivity index (χ4n) is 8.53. The van der Waals surface area contributed by atoms with E-state index in [1.165, 1.54) is 60.4 Å². The van der Waals surface area contributed by atoms with Crippen LogP contribution in [0.1, 0.15) is 0 Å². The number of aromatic nitrogens is 3. The molecule has 0 saturated carbocycles. The first-order valence-electron chi connectivity index (χ1n) is 19.1. The van der Waals surface area contributed by atoms with E-state index in [4.69, 9.17) is 4.98 Å². The number of para-hydroxylation sites is 3. The molecule has 0 fully saturated rings. The molecule has 0 saturated heterocycles. The summed E-state index contributed by atoms with van der Waals surface area (Å²) in [7, 11) is 0. The molecule has 3 aromatic heterocycles. The SMILES string of the molecule is c1ccc(-c2ccc(-c3cccc(-n4c5ccccc5c5cc(-c6ccc7c(c6)c6ccccc6n7-c6ccccc6)ccc54)c3)nc2-c2ccccc2)cc1. The number of nitrogens with zero attached hydrogens (tertiary/aromatic N) is 3. The molecule has 56 heavy (non-hydrogen) atoms. The largest absolute Gasteiger partial charge is 0.309 e. The molecule has 3 heteroatoms. The molecule has 0 amide bonds. The summed E-state index contributed by atoms with van der Waals surface area (Å²) in [4.78, 5) is 5.33. The van der Waals surface area contributed by atoms with Crippen LogP contribution in [0.5, 0.6) is 0 Å². The Morgan fingerprint density at radius 1 is 0.286 bits per heavy atom. The number of fused-ring (bicyclic) bond motifs is 6. The molecular weight excluding hydrogens is 679 g/mol. The summed E-state index contributed by atoms with van der Waals surface area (Å²) in [6.07, 6.45) is 0. The van der Waals surface area contributed by atoms with Crippen LogP contribution in [0.4, 0.5) is 0 Å². The minimum absolute atomic E-state index is 0.942. The topological polar surface area (TPSA) is 22.8 Å². The predicted molar refractivity (Wildman–Crippen MR) is 235 cm³/mol. The van der Waals surface area contributed by atoms with Crippen molar-refractivity contribution < 1.29 is 0 Å². The lowest BCUT2D eigenvalue weighted by atomic mass is 9.98. The number of benzene rings is 8. The number of rotatable bonds is 6. The maximum absolute atomic E-state index is 5.33. The standard InChI is InChI=1S/C53H35N3/c1-4-15-36(16-5-1)43-29-30-48(54-53(43)37-17-6-2-7-18-37)40-19-14-22-42(33-40)56-50-26-13-11-24-45(50)47-35-39(28-32-52(47)56)38-27-31-51-46(34-38)44-23-10-12-25-49(44)55(51)41-20-8-3-9-21-41/h1-35H. The van der Waals surface area contributed by atoms with Crippen LogP contribution >= 0.6 is 0 Å². The van der Waals surface area contributed by atoms with Crippen molar-refractivity contribution in [2.45, 2.75) is 0 Å². The Kier molecular flexibility index (Phi) is 7.49. The number of hydrogen-bond donors (Lipinski definition) is 0. The summed E-state index contributed by atoms with van der Waals surface area (Å²) in [5, 5.41) is 4.97. The molecule has 0 unspecified atom stereocenters. The van der Waals surface area contributed by atoms with Crippen LogP contribution in [0.25, 0.3) is 99.8 Å². The van der Waals surface area contributed by atoms with Gasteiger partial charge in [0.05, 0.1) is 33.5 Å². The minimum atomic E-state index is 0.942. The fourth-order valence-corrected chi connectivity index (χ4v) is 8.53. The van der Waals surface area contributed by atoms with Crippen molar-refractivity contribution in [3.8, 4) is 56.1 Å². The van der Waals surface area contributed by atoms with Gasteiger partial charge in [0.25, 0.3) is 0 Å². The second-order valence-corrected chi connectivity index (χ2v) is 14.4. The molecule has 262 valence electrons. The predicted octanol–water partition coefficient (Wildman–Crippen LogP) is 13.9. The van der Waals surface area contributed by atoms with Gasteiger partial charge in [0, 0.05) is 49.6 Å². The summed E-state index contributed by atoms with van der Waals surface area (Å²) >= 11 is 0. The molecule has 0 aliphatic carbocycles. The van der Waals surface area contributed by atoms with Crippen LogP contribution in [-0.2, 0) is 0 Å². The molecule has 8 aromatic carbocycles. The maximum atomic E-state index is 5.33. The molecule has 0 bridgehead atoms. The van der Waals surface area contributed by atoms with Gasteiger partial charge in [-0.15, -0.1) is 0 Å². The van der Waals surface area contributed by atoms with E-state index in [-0.39, 0.29) is 0 Å². The van der Waals surface area contributed by atoms with Gasteiger partial charge in [-0.3, -0.25) is 0 Å². The van der Waals surface area contributed by atoms with E-state index in [1.807, 2.05) is 0 Å². The Labute approximate surface area is 325 Å². The summed E-state index contributed by atoms with van der Waals surface area (Å²) < 4.78 is 4.76. The summed E-state index contributed by atoms with van der Waals surface area (Å²) in [5.41, 5.74) is 15.8.